The number of hydrogen-bond acceptors (Lipinski definition) is 3. The SMILES string of the molecule is CC1CCC(NC(=O)c2n[nH]c3ccc(N)cc23)CC1C. The van der Waals surface area contributed by atoms with Gasteiger partial charge in [0.2, 0.25) is 0 Å². The Morgan fingerprint density at radius 2 is 2.14 bits per heavy atom. The maximum Gasteiger partial charge on any atom is 0.272 e. The lowest BCUT2D eigenvalue weighted by Gasteiger charge is -2.32. The van der Waals surface area contributed by atoms with E-state index in [1.807, 2.05) is 6.07 Å². The Morgan fingerprint density at radius 1 is 1.33 bits per heavy atom. The first-order valence-electron chi connectivity index (χ1n) is 7.59. The molecule has 5 heteroatoms. The van der Waals surface area contributed by atoms with E-state index >= 15 is 0 Å². The summed E-state index contributed by atoms with van der Waals surface area (Å²) in [4.78, 5) is 12.5. The molecule has 112 valence electrons. The standard InChI is InChI=1S/C16H22N4O/c1-9-3-5-12(7-10(9)2)18-16(21)15-13-8-11(17)4-6-14(13)19-20-15/h4,6,8-10,12H,3,5,7,17H2,1-2H3,(H,18,21)(H,19,20). The van der Waals surface area contributed by atoms with Gasteiger partial charge in [0.1, 0.15) is 0 Å². The van der Waals surface area contributed by atoms with Crippen LogP contribution in [-0.2, 0) is 0 Å². The molecule has 1 saturated carbocycles. The number of rotatable bonds is 2. The van der Waals surface area contributed by atoms with Crippen LogP contribution in [0.3, 0.4) is 0 Å². The van der Waals surface area contributed by atoms with Gasteiger partial charge in [-0.25, -0.2) is 0 Å². The van der Waals surface area contributed by atoms with Crippen LogP contribution in [-0.4, -0.2) is 22.1 Å². The average Bonchev–Trinajstić information content (AvgIpc) is 2.86. The molecule has 2 aromatic rings. The van der Waals surface area contributed by atoms with Crippen LogP contribution in [0, 0.1) is 11.8 Å². The van der Waals surface area contributed by atoms with E-state index < -0.39 is 0 Å². The normalized spacial score (nSPS) is 25.9. The van der Waals surface area contributed by atoms with Crippen LogP contribution in [0.2, 0.25) is 0 Å². The van der Waals surface area contributed by atoms with Crippen molar-refractivity contribution in [1.29, 1.82) is 0 Å². The maximum absolute atomic E-state index is 12.5. The summed E-state index contributed by atoms with van der Waals surface area (Å²) in [5, 5.41) is 10.9. The number of hydrogen-bond donors (Lipinski definition) is 3. The van der Waals surface area contributed by atoms with Crippen molar-refractivity contribution in [3.05, 3.63) is 23.9 Å². The Kier molecular flexibility index (Phi) is 3.57. The second kappa shape index (κ2) is 5.39. The number of aromatic nitrogens is 2. The lowest BCUT2D eigenvalue weighted by Crippen LogP contribution is -2.40. The van der Waals surface area contributed by atoms with E-state index in [1.165, 1.54) is 6.42 Å². The summed E-state index contributed by atoms with van der Waals surface area (Å²) >= 11 is 0. The number of fused-ring (bicyclic) bond motifs is 1. The molecule has 1 aromatic carbocycles. The number of benzene rings is 1. The highest BCUT2D eigenvalue weighted by molar-refractivity contribution is 6.05. The smallest absolute Gasteiger partial charge is 0.272 e. The summed E-state index contributed by atoms with van der Waals surface area (Å²) in [6.07, 6.45) is 3.25. The van der Waals surface area contributed by atoms with E-state index in [1.54, 1.807) is 12.1 Å². The first-order chi connectivity index (χ1) is 10.0. The van der Waals surface area contributed by atoms with Gasteiger partial charge < -0.3 is 11.1 Å². The minimum Gasteiger partial charge on any atom is -0.399 e. The number of nitrogens with zero attached hydrogens (tertiary/aromatic N) is 1. The van der Waals surface area contributed by atoms with Gasteiger partial charge in [-0.3, -0.25) is 9.89 Å². The fourth-order valence-corrected chi connectivity index (χ4v) is 3.14. The predicted octanol–water partition coefficient (Wildman–Crippen LogP) is 2.70. The molecular weight excluding hydrogens is 264 g/mol. The van der Waals surface area contributed by atoms with Crippen molar-refractivity contribution >= 4 is 22.5 Å². The lowest BCUT2D eigenvalue weighted by atomic mass is 9.79. The maximum atomic E-state index is 12.5. The second-order valence-corrected chi connectivity index (χ2v) is 6.32. The summed E-state index contributed by atoms with van der Waals surface area (Å²) in [7, 11) is 0. The van der Waals surface area contributed by atoms with Crippen LogP contribution in [0.15, 0.2) is 18.2 Å². The monoisotopic (exact) mass is 286 g/mol. The van der Waals surface area contributed by atoms with Crippen molar-refractivity contribution in [1.82, 2.24) is 15.5 Å². The van der Waals surface area contributed by atoms with Gasteiger partial charge in [0, 0.05) is 17.1 Å². The van der Waals surface area contributed by atoms with Crippen molar-refractivity contribution < 1.29 is 4.79 Å². The molecule has 0 aliphatic heterocycles. The molecule has 1 aliphatic rings. The molecule has 1 heterocycles. The zero-order valence-electron chi connectivity index (χ0n) is 12.5. The second-order valence-electron chi connectivity index (χ2n) is 6.32. The number of H-pyrrole nitrogens is 1. The first-order valence-corrected chi connectivity index (χ1v) is 7.59. The molecule has 5 nitrogen and oxygen atoms in total. The zero-order valence-corrected chi connectivity index (χ0v) is 12.5. The van der Waals surface area contributed by atoms with Crippen molar-refractivity contribution in [2.45, 2.75) is 39.2 Å². The highest BCUT2D eigenvalue weighted by atomic mass is 16.2. The quantitative estimate of drug-likeness (QED) is 0.742. The van der Waals surface area contributed by atoms with Gasteiger partial charge in [-0.05, 0) is 49.3 Å². The van der Waals surface area contributed by atoms with Gasteiger partial charge in [0.15, 0.2) is 5.69 Å². The minimum atomic E-state index is -0.112. The summed E-state index contributed by atoms with van der Waals surface area (Å²) in [6, 6.07) is 5.68. The third-order valence-electron chi connectivity index (χ3n) is 4.74. The van der Waals surface area contributed by atoms with Crippen molar-refractivity contribution in [2.24, 2.45) is 11.8 Å². The summed E-state index contributed by atoms with van der Waals surface area (Å²) in [5.41, 5.74) is 7.70. The average molecular weight is 286 g/mol. The number of carbonyl (C=O) groups excluding carboxylic acids is 1. The molecule has 3 atom stereocenters. The molecule has 0 radical (unpaired) electrons. The molecule has 4 N–H and O–H groups in total. The van der Waals surface area contributed by atoms with E-state index in [-0.39, 0.29) is 11.9 Å². The Labute approximate surface area is 124 Å². The molecule has 21 heavy (non-hydrogen) atoms. The van der Waals surface area contributed by atoms with Gasteiger partial charge in [-0.1, -0.05) is 13.8 Å². The highest BCUT2D eigenvalue weighted by Gasteiger charge is 2.26. The number of aromatic amines is 1. The van der Waals surface area contributed by atoms with Gasteiger partial charge in [-0.15, -0.1) is 0 Å². The van der Waals surface area contributed by atoms with E-state index in [2.05, 4.69) is 29.4 Å². The molecule has 3 rings (SSSR count). The molecule has 1 aromatic heterocycles. The number of nitrogens with two attached hydrogens (primary N) is 1. The predicted molar refractivity (Wildman–Crippen MR) is 83.9 cm³/mol. The molecule has 3 unspecified atom stereocenters. The Bertz CT molecular complexity index is 663. The number of amides is 1. The van der Waals surface area contributed by atoms with Crippen molar-refractivity contribution in [3.63, 3.8) is 0 Å². The molecule has 0 saturated heterocycles. The highest BCUT2D eigenvalue weighted by Crippen LogP contribution is 2.29. The fraction of sp³-hybridized carbons (Fsp3) is 0.500. The van der Waals surface area contributed by atoms with Gasteiger partial charge in [-0.2, -0.15) is 5.10 Å². The molecule has 1 fully saturated rings. The van der Waals surface area contributed by atoms with Gasteiger partial charge >= 0.3 is 0 Å². The third-order valence-corrected chi connectivity index (χ3v) is 4.74. The van der Waals surface area contributed by atoms with Gasteiger partial charge in [0.05, 0.1) is 5.52 Å². The minimum absolute atomic E-state index is 0.112. The van der Waals surface area contributed by atoms with Crippen molar-refractivity contribution in [3.8, 4) is 0 Å². The van der Waals surface area contributed by atoms with Crippen LogP contribution in [0.4, 0.5) is 5.69 Å². The first kappa shape index (κ1) is 13.9. The largest absolute Gasteiger partial charge is 0.399 e. The van der Waals surface area contributed by atoms with E-state index in [0.717, 1.165) is 29.7 Å². The number of nitrogen functional groups attached to an aromatic ring is 1. The van der Waals surface area contributed by atoms with Crippen LogP contribution >= 0.6 is 0 Å². The van der Waals surface area contributed by atoms with Crippen LogP contribution < -0.4 is 11.1 Å². The van der Waals surface area contributed by atoms with Gasteiger partial charge in [0.25, 0.3) is 5.91 Å². The topological polar surface area (TPSA) is 83.8 Å². The molecule has 1 aliphatic carbocycles. The summed E-state index contributed by atoms with van der Waals surface area (Å²) in [6.45, 7) is 4.54. The summed E-state index contributed by atoms with van der Waals surface area (Å²) in [5.74, 6) is 1.28. The van der Waals surface area contributed by atoms with E-state index in [0.29, 0.717) is 17.3 Å². The van der Waals surface area contributed by atoms with Crippen LogP contribution in [0.5, 0.6) is 0 Å². The van der Waals surface area contributed by atoms with E-state index in [4.69, 9.17) is 5.73 Å². The van der Waals surface area contributed by atoms with Crippen molar-refractivity contribution in [2.75, 3.05) is 5.73 Å². The molecule has 0 bridgehead atoms. The molecule has 1 amide bonds. The molecular formula is C16H22N4O. The summed E-state index contributed by atoms with van der Waals surface area (Å²) < 4.78 is 0. The van der Waals surface area contributed by atoms with Crippen LogP contribution in [0.1, 0.15) is 43.6 Å². The molecule has 0 spiro atoms. The Hall–Kier alpha value is -2.04. The van der Waals surface area contributed by atoms with Crippen LogP contribution in [0.25, 0.3) is 10.9 Å². The Morgan fingerprint density at radius 3 is 2.90 bits per heavy atom. The third kappa shape index (κ3) is 2.73. The number of carbonyl (C=O) groups is 1. The fourth-order valence-electron chi connectivity index (χ4n) is 3.14. The van der Waals surface area contributed by atoms with E-state index in [9.17, 15) is 4.79 Å². The Balaban J connectivity index is 1.77. The zero-order chi connectivity index (χ0) is 15.0. The number of nitrogens with one attached hydrogen (secondary N) is 2. The number of anilines is 1. The lowest BCUT2D eigenvalue weighted by molar-refractivity contribution is 0.0907.